The van der Waals surface area contributed by atoms with Crippen molar-refractivity contribution in [1.29, 1.82) is 0 Å². The van der Waals surface area contributed by atoms with Crippen LogP contribution in [0.5, 0.6) is 5.75 Å². The largest absolute Gasteiger partial charge is 0.755 e. The summed E-state index contributed by atoms with van der Waals surface area (Å²) >= 11 is -2.58. The summed E-state index contributed by atoms with van der Waals surface area (Å²) in [5, 5.41) is 13.4. The SMILES string of the molecule is C[C@H](Oc1cc(-c2nn(C)c3c(-c4cnn5c4CNCC5)cnc(N)c23)ccc1NS(=O)[O-])c1ccc(F)cc1. The van der Waals surface area contributed by atoms with E-state index >= 15 is 0 Å². The van der Waals surface area contributed by atoms with Gasteiger partial charge in [0.05, 0.1) is 35.0 Å². The first kappa shape index (κ1) is 25.9. The molecule has 0 bridgehead atoms. The van der Waals surface area contributed by atoms with Gasteiger partial charge in [0.15, 0.2) is 0 Å². The number of benzene rings is 2. The normalized spacial score (nSPS) is 14.6. The van der Waals surface area contributed by atoms with E-state index in [0.29, 0.717) is 29.0 Å². The van der Waals surface area contributed by atoms with Gasteiger partial charge in [-0.25, -0.2) is 9.37 Å². The van der Waals surface area contributed by atoms with E-state index in [-0.39, 0.29) is 17.3 Å². The highest BCUT2D eigenvalue weighted by Crippen LogP contribution is 2.40. The molecule has 3 aromatic heterocycles. The molecule has 0 spiro atoms. The summed E-state index contributed by atoms with van der Waals surface area (Å²) < 4.78 is 48.7. The molecule has 1 unspecified atom stereocenters. The van der Waals surface area contributed by atoms with Crippen molar-refractivity contribution in [3.8, 4) is 28.1 Å². The Labute approximate surface area is 231 Å². The second kappa shape index (κ2) is 10.3. The van der Waals surface area contributed by atoms with Gasteiger partial charge in [-0.2, -0.15) is 10.2 Å². The highest BCUT2D eigenvalue weighted by Gasteiger charge is 2.24. The Balaban J connectivity index is 1.46. The molecule has 4 N–H and O–H groups in total. The van der Waals surface area contributed by atoms with Crippen molar-refractivity contribution in [2.75, 3.05) is 17.0 Å². The minimum absolute atomic E-state index is 0.247. The quantitative estimate of drug-likeness (QED) is 0.255. The Morgan fingerprint density at radius 3 is 2.77 bits per heavy atom. The number of aromatic nitrogens is 5. The summed E-state index contributed by atoms with van der Waals surface area (Å²) in [6.07, 6.45) is 3.08. The summed E-state index contributed by atoms with van der Waals surface area (Å²) in [6, 6.07) is 11.0. The molecule has 0 amide bonds. The van der Waals surface area contributed by atoms with E-state index in [2.05, 4.69) is 20.1 Å². The van der Waals surface area contributed by atoms with Crippen LogP contribution >= 0.6 is 0 Å². The fraction of sp³-hybridized carbons (Fsp3) is 0.222. The molecule has 1 aliphatic heterocycles. The average molecular weight is 562 g/mol. The summed E-state index contributed by atoms with van der Waals surface area (Å²) in [7, 11) is 1.84. The Morgan fingerprint density at radius 1 is 1.20 bits per heavy atom. The fourth-order valence-corrected chi connectivity index (χ4v) is 5.42. The van der Waals surface area contributed by atoms with Gasteiger partial charge in [0.2, 0.25) is 0 Å². The lowest BCUT2D eigenvalue weighted by Crippen LogP contribution is -2.28. The van der Waals surface area contributed by atoms with Crippen LogP contribution in [0, 0.1) is 5.82 Å². The number of halogens is 1. The maximum Gasteiger partial charge on any atom is 0.144 e. The van der Waals surface area contributed by atoms with E-state index in [1.165, 1.54) is 12.1 Å². The number of aryl methyl sites for hydroxylation is 1. The molecule has 206 valence electrons. The Kier molecular flexibility index (Phi) is 6.70. The van der Waals surface area contributed by atoms with Gasteiger partial charge >= 0.3 is 0 Å². The van der Waals surface area contributed by atoms with E-state index < -0.39 is 17.4 Å². The number of ether oxygens (including phenoxy) is 1. The number of anilines is 2. The summed E-state index contributed by atoms with van der Waals surface area (Å²) in [5.41, 5.74) is 12.3. The number of fused-ring (bicyclic) bond motifs is 2. The lowest BCUT2D eigenvalue weighted by atomic mass is 10.0. The molecule has 5 aromatic rings. The Hall–Kier alpha value is -4.33. The van der Waals surface area contributed by atoms with Crippen LogP contribution in [0.3, 0.4) is 0 Å². The fourth-order valence-electron chi connectivity index (χ4n) is 5.07. The number of rotatable bonds is 7. The van der Waals surface area contributed by atoms with E-state index in [4.69, 9.17) is 15.6 Å². The second-order valence-corrected chi connectivity index (χ2v) is 10.2. The van der Waals surface area contributed by atoms with Gasteiger partial charge < -0.3 is 25.1 Å². The van der Waals surface area contributed by atoms with Crippen LogP contribution in [0.15, 0.2) is 54.9 Å². The third-order valence-electron chi connectivity index (χ3n) is 7.01. The molecule has 40 heavy (non-hydrogen) atoms. The maximum atomic E-state index is 13.4. The smallest absolute Gasteiger partial charge is 0.144 e. The molecule has 0 aliphatic carbocycles. The van der Waals surface area contributed by atoms with Crippen molar-refractivity contribution >= 4 is 33.7 Å². The summed E-state index contributed by atoms with van der Waals surface area (Å²) in [4.78, 5) is 4.50. The number of pyridine rings is 1. The highest BCUT2D eigenvalue weighted by atomic mass is 32.2. The van der Waals surface area contributed by atoms with Gasteiger partial charge in [-0.1, -0.05) is 18.2 Å². The predicted octanol–water partition coefficient (Wildman–Crippen LogP) is 3.67. The lowest BCUT2D eigenvalue weighted by Gasteiger charge is -2.20. The van der Waals surface area contributed by atoms with E-state index in [9.17, 15) is 13.2 Å². The van der Waals surface area contributed by atoms with Crippen LogP contribution in [-0.2, 0) is 31.4 Å². The molecule has 11 nitrogen and oxygen atoms in total. The number of nitrogens with two attached hydrogens (primary N) is 1. The number of nitrogen functional groups attached to an aromatic ring is 1. The van der Waals surface area contributed by atoms with Crippen molar-refractivity contribution in [1.82, 2.24) is 29.9 Å². The molecular formula is C27H26FN8O3S-. The third kappa shape index (κ3) is 4.68. The maximum absolute atomic E-state index is 13.4. The van der Waals surface area contributed by atoms with Crippen LogP contribution < -0.4 is 20.5 Å². The first-order valence-electron chi connectivity index (χ1n) is 12.6. The topological polar surface area (TPSA) is 148 Å². The minimum Gasteiger partial charge on any atom is -0.755 e. The molecule has 0 fully saturated rings. The predicted molar refractivity (Wildman–Crippen MR) is 149 cm³/mol. The first-order chi connectivity index (χ1) is 19.3. The van der Waals surface area contributed by atoms with Gasteiger partial charge in [0.1, 0.15) is 29.2 Å². The second-order valence-electron chi connectivity index (χ2n) is 9.52. The number of nitrogens with zero attached hydrogens (tertiary/aromatic N) is 5. The first-order valence-corrected chi connectivity index (χ1v) is 13.7. The minimum atomic E-state index is -2.58. The van der Waals surface area contributed by atoms with E-state index in [1.807, 2.05) is 17.9 Å². The van der Waals surface area contributed by atoms with Gasteiger partial charge in [-0.05, 0) is 36.8 Å². The number of hydrogen-bond donors (Lipinski definition) is 3. The van der Waals surface area contributed by atoms with E-state index in [1.54, 1.807) is 48.1 Å². The number of nitrogens with one attached hydrogen (secondary N) is 2. The van der Waals surface area contributed by atoms with Crippen molar-refractivity contribution in [3.63, 3.8) is 0 Å². The Bertz CT molecular complexity index is 1750. The standard InChI is InChI=1S/C27H27FN8O3S/c1-15(16-3-6-18(28)7-4-16)39-23-11-17(5-8-21(23)34-40(37)38)25-24-26(35(2)33-25)20(12-31-27(24)29)19-13-32-36-10-9-30-14-22(19)36/h3-8,11-13,15,30,34H,9-10,14H2,1-2H3,(H2,29,31)(H,37,38)/p-1/t15-/m0/s1. The molecule has 0 saturated carbocycles. The molecular weight excluding hydrogens is 535 g/mol. The third-order valence-corrected chi connectivity index (χ3v) is 7.40. The highest BCUT2D eigenvalue weighted by molar-refractivity contribution is 7.80. The molecule has 4 heterocycles. The van der Waals surface area contributed by atoms with Crippen LogP contribution in [0.1, 0.15) is 24.3 Å². The zero-order valence-electron chi connectivity index (χ0n) is 21.7. The zero-order valence-corrected chi connectivity index (χ0v) is 22.5. The molecule has 2 atom stereocenters. The van der Waals surface area contributed by atoms with E-state index in [0.717, 1.165) is 41.0 Å². The summed E-state index contributed by atoms with van der Waals surface area (Å²) in [6.45, 7) is 4.12. The van der Waals surface area contributed by atoms with Crippen molar-refractivity contribution in [2.45, 2.75) is 26.1 Å². The van der Waals surface area contributed by atoms with Crippen molar-refractivity contribution in [2.24, 2.45) is 7.05 Å². The van der Waals surface area contributed by atoms with Gasteiger partial charge in [-0.3, -0.25) is 13.6 Å². The van der Waals surface area contributed by atoms with Gasteiger partial charge in [-0.15, -0.1) is 0 Å². The van der Waals surface area contributed by atoms with Crippen LogP contribution in [0.4, 0.5) is 15.9 Å². The summed E-state index contributed by atoms with van der Waals surface area (Å²) in [5.74, 6) is 0.227. The molecule has 0 saturated heterocycles. The molecule has 6 rings (SSSR count). The van der Waals surface area contributed by atoms with Crippen LogP contribution in [0.2, 0.25) is 0 Å². The van der Waals surface area contributed by atoms with Crippen LogP contribution in [-0.4, -0.2) is 39.9 Å². The average Bonchev–Trinajstić information content (AvgIpc) is 3.52. The zero-order chi connectivity index (χ0) is 28.0. The molecule has 13 heteroatoms. The van der Waals surface area contributed by atoms with Gasteiger partial charge in [0, 0.05) is 54.3 Å². The Morgan fingerprint density at radius 2 is 2.00 bits per heavy atom. The molecule has 0 radical (unpaired) electrons. The lowest BCUT2D eigenvalue weighted by molar-refractivity contribution is 0.228. The van der Waals surface area contributed by atoms with Crippen molar-refractivity contribution < 1.29 is 17.9 Å². The number of hydrogen-bond acceptors (Lipinski definition) is 8. The molecule has 2 aromatic carbocycles. The van der Waals surface area contributed by atoms with Crippen molar-refractivity contribution in [3.05, 3.63) is 71.9 Å². The molecule has 1 aliphatic rings. The van der Waals surface area contributed by atoms with Crippen LogP contribution in [0.25, 0.3) is 33.3 Å². The monoisotopic (exact) mass is 561 g/mol. The van der Waals surface area contributed by atoms with Gasteiger partial charge in [0.25, 0.3) is 0 Å².